The molecule has 2 aromatic heterocycles. The van der Waals surface area contributed by atoms with Crippen LogP contribution in [0.5, 0.6) is 0 Å². The molecule has 0 fully saturated rings. The van der Waals surface area contributed by atoms with Crippen molar-refractivity contribution in [3.05, 3.63) is 46.8 Å². The molecule has 0 amide bonds. The van der Waals surface area contributed by atoms with E-state index in [1.807, 2.05) is 22.7 Å². The largest absolute Gasteiger partial charge is 0.139 e. The molecule has 0 unspecified atom stereocenters. The third-order valence-electron chi connectivity index (χ3n) is 4.06. The van der Waals surface area contributed by atoms with E-state index in [0.717, 1.165) is 0 Å². The summed E-state index contributed by atoms with van der Waals surface area (Å²) in [5.41, 5.74) is 2.84. The van der Waals surface area contributed by atoms with E-state index < -0.39 is 0 Å². The van der Waals surface area contributed by atoms with Crippen LogP contribution in [-0.4, -0.2) is 0 Å². The summed E-state index contributed by atoms with van der Waals surface area (Å²) in [6.07, 6.45) is 7.61. The predicted molar refractivity (Wildman–Crippen MR) is 102 cm³/mol. The van der Waals surface area contributed by atoms with Crippen molar-refractivity contribution < 1.29 is 0 Å². The monoisotopic (exact) mass is 328 g/mol. The molecule has 3 aromatic rings. The maximum atomic E-state index is 2.39. The summed E-state index contributed by atoms with van der Waals surface area (Å²) in [6, 6.07) is 14.0. The van der Waals surface area contributed by atoms with Crippen molar-refractivity contribution in [2.24, 2.45) is 0 Å². The zero-order chi connectivity index (χ0) is 15.4. The average molecular weight is 329 g/mol. The predicted octanol–water partition coefficient (Wildman–Crippen LogP) is 7.32. The number of thiophene rings is 2. The number of benzene rings is 1. The summed E-state index contributed by atoms with van der Waals surface area (Å²) in [7, 11) is 0. The first-order valence-electron chi connectivity index (χ1n) is 8.41. The van der Waals surface area contributed by atoms with Gasteiger partial charge in [0, 0.05) is 19.2 Å². The summed E-state index contributed by atoms with van der Waals surface area (Å²) in [5.74, 6) is 0. The van der Waals surface area contributed by atoms with E-state index in [9.17, 15) is 0 Å². The molecular weight excluding hydrogens is 304 g/mol. The molecule has 22 heavy (non-hydrogen) atoms. The standard InChI is InChI=1S/C20H24S2/c1-3-5-6-8-15-9-11-16(12-10-15)18-14-20-19(22-18)13-17(21-20)7-4-2/h9-14H,3-8H2,1-2H3. The molecule has 0 aliphatic heterocycles. The van der Waals surface area contributed by atoms with Gasteiger partial charge in [0.15, 0.2) is 0 Å². The number of aryl methyl sites for hydroxylation is 2. The fourth-order valence-electron chi connectivity index (χ4n) is 2.81. The Balaban J connectivity index is 1.74. The molecule has 0 saturated heterocycles. The summed E-state index contributed by atoms with van der Waals surface area (Å²) in [5, 5.41) is 0. The van der Waals surface area contributed by atoms with Crippen LogP contribution in [0.4, 0.5) is 0 Å². The second-order valence-corrected chi connectivity index (χ2v) is 8.21. The van der Waals surface area contributed by atoms with Crippen molar-refractivity contribution in [2.75, 3.05) is 0 Å². The SMILES string of the molecule is CCCCCc1ccc(-c2cc3sc(CCC)cc3s2)cc1. The first-order chi connectivity index (χ1) is 10.8. The van der Waals surface area contributed by atoms with Crippen LogP contribution in [-0.2, 0) is 12.8 Å². The molecule has 0 spiro atoms. The van der Waals surface area contributed by atoms with Crippen LogP contribution in [0.25, 0.3) is 19.8 Å². The average Bonchev–Trinajstić information content (AvgIpc) is 3.07. The Labute approximate surface area is 141 Å². The van der Waals surface area contributed by atoms with Crippen LogP contribution in [0.2, 0.25) is 0 Å². The Bertz CT molecular complexity index is 684. The van der Waals surface area contributed by atoms with Gasteiger partial charge in [-0.3, -0.25) is 0 Å². The first-order valence-corrected chi connectivity index (χ1v) is 10.0. The van der Waals surface area contributed by atoms with Crippen LogP contribution < -0.4 is 0 Å². The fraction of sp³-hybridized carbons (Fsp3) is 0.400. The van der Waals surface area contributed by atoms with Crippen molar-refractivity contribution in [1.82, 2.24) is 0 Å². The molecule has 0 N–H and O–H groups in total. The Morgan fingerprint density at radius 3 is 2.23 bits per heavy atom. The van der Waals surface area contributed by atoms with E-state index in [0.29, 0.717) is 0 Å². The van der Waals surface area contributed by atoms with Gasteiger partial charge in [0.1, 0.15) is 0 Å². The lowest BCUT2D eigenvalue weighted by Gasteiger charge is -2.02. The highest BCUT2D eigenvalue weighted by Gasteiger charge is 2.08. The Hall–Kier alpha value is -1.12. The molecule has 0 bridgehead atoms. The van der Waals surface area contributed by atoms with E-state index in [2.05, 4.69) is 50.2 Å². The third kappa shape index (κ3) is 3.61. The summed E-state index contributed by atoms with van der Waals surface area (Å²) >= 11 is 3.90. The van der Waals surface area contributed by atoms with Gasteiger partial charge in [0.05, 0.1) is 0 Å². The minimum absolute atomic E-state index is 1.22. The van der Waals surface area contributed by atoms with Gasteiger partial charge in [0.25, 0.3) is 0 Å². The molecule has 0 radical (unpaired) electrons. The highest BCUT2D eigenvalue weighted by molar-refractivity contribution is 7.29. The van der Waals surface area contributed by atoms with Gasteiger partial charge in [-0.05, 0) is 42.5 Å². The Morgan fingerprint density at radius 2 is 1.55 bits per heavy atom. The molecule has 116 valence electrons. The number of rotatable bonds is 7. The number of fused-ring (bicyclic) bond motifs is 1. The molecule has 0 saturated carbocycles. The van der Waals surface area contributed by atoms with E-state index in [4.69, 9.17) is 0 Å². The Morgan fingerprint density at radius 1 is 0.773 bits per heavy atom. The third-order valence-corrected chi connectivity index (χ3v) is 6.46. The molecule has 3 rings (SSSR count). The van der Waals surface area contributed by atoms with Gasteiger partial charge in [-0.15, -0.1) is 22.7 Å². The van der Waals surface area contributed by atoms with Gasteiger partial charge >= 0.3 is 0 Å². The Kier molecular flexibility index (Phi) is 5.32. The van der Waals surface area contributed by atoms with E-state index in [1.54, 1.807) is 0 Å². The van der Waals surface area contributed by atoms with Crippen LogP contribution in [0.1, 0.15) is 50.0 Å². The van der Waals surface area contributed by atoms with E-state index >= 15 is 0 Å². The van der Waals surface area contributed by atoms with Crippen LogP contribution in [0.3, 0.4) is 0 Å². The van der Waals surface area contributed by atoms with Crippen LogP contribution in [0, 0.1) is 0 Å². The van der Waals surface area contributed by atoms with Crippen LogP contribution >= 0.6 is 22.7 Å². The highest BCUT2D eigenvalue weighted by Crippen LogP contribution is 2.38. The van der Waals surface area contributed by atoms with Gasteiger partial charge in [-0.2, -0.15) is 0 Å². The van der Waals surface area contributed by atoms with Crippen LogP contribution in [0.15, 0.2) is 36.4 Å². The molecule has 0 nitrogen and oxygen atoms in total. The second kappa shape index (κ2) is 7.43. The minimum atomic E-state index is 1.22. The molecule has 0 aliphatic carbocycles. The number of hydrogen-bond acceptors (Lipinski definition) is 2. The quantitative estimate of drug-likeness (QED) is 0.399. The van der Waals surface area contributed by atoms with Crippen molar-refractivity contribution in [1.29, 1.82) is 0 Å². The van der Waals surface area contributed by atoms with Crippen molar-refractivity contribution in [3.63, 3.8) is 0 Å². The van der Waals surface area contributed by atoms with E-state index in [-0.39, 0.29) is 0 Å². The number of hydrogen-bond donors (Lipinski definition) is 0. The number of unbranched alkanes of at least 4 members (excludes halogenated alkanes) is 2. The topological polar surface area (TPSA) is 0 Å². The van der Waals surface area contributed by atoms with Gasteiger partial charge in [0.2, 0.25) is 0 Å². The summed E-state index contributed by atoms with van der Waals surface area (Å²) in [6.45, 7) is 4.51. The zero-order valence-electron chi connectivity index (χ0n) is 13.5. The first kappa shape index (κ1) is 15.8. The summed E-state index contributed by atoms with van der Waals surface area (Å²) < 4.78 is 2.91. The zero-order valence-corrected chi connectivity index (χ0v) is 15.2. The van der Waals surface area contributed by atoms with E-state index in [1.165, 1.54) is 68.8 Å². The lowest BCUT2D eigenvalue weighted by Crippen LogP contribution is -1.85. The fourth-order valence-corrected chi connectivity index (χ4v) is 5.34. The normalized spacial score (nSPS) is 11.4. The van der Waals surface area contributed by atoms with Gasteiger partial charge in [-0.25, -0.2) is 0 Å². The minimum Gasteiger partial charge on any atom is -0.139 e. The van der Waals surface area contributed by atoms with Gasteiger partial charge < -0.3 is 0 Å². The molecular formula is C20H24S2. The smallest absolute Gasteiger partial charge is 0.0460 e. The van der Waals surface area contributed by atoms with Crippen molar-refractivity contribution >= 4 is 32.1 Å². The lowest BCUT2D eigenvalue weighted by molar-refractivity contribution is 0.717. The maximum Gasteiger partial charge on any atom is 0.0460 e. The maximum absolute atomic E-state index is 2.39. The second-order valence-electron chi connectivity index (χ2n) is 5.96. The molecule has 2 heteroatoms. The lowest BCUT2D eigenvalue weighted by atomic mass is 10.0. The van der Waals surface area contributed by atoms with Crippen molar-refractivity contribution in [3.8, 4) is 10.4 Å². The molecule has 2 heterocycles. The molecule has 0 aliphatic rings. The highest BCUT2D eigenvalue weighted by atomic mass is 32.1. The van der Waals surface area contributed by atoms with Crippen molar-refractivity contribution in [2.45, 2.75) is 52.4 Å². The van der Waals surface area contributed by atoms with Gasteiger partial charge in [-0.1, -0.05) is 57.4 Å². The summed E-state index contributed by atoms with van der Waals surface area (Å²) in [4.78, 5) is 2.94. The molecule has 0 atom stereocenters. The molecule has 1 aromatic carbocycles.